The SMILES string of the molecule is CN(C)c1nc(-c2cnn(C3CC(CNc4ccc5c(c4)CN(C4CCC(=O)NC4=O)C5=O)C3)c2C2CC2)ccc1F. The van der Waals surface area contributed by atoms with E-state index < -0.39 is 11.9 Å². The highest BCUT2D eigenvalue weighted by Crippen LogP contribution is 2.48. The van der Waals surface area contributed by atoms with E-state index in [1.165, 1.54) is 11.8 Å². The van der Waals surface area contributed by atoms with Gasteiger partial charge in [-0.15, -0.1) is 0 Å². The quantitative estimate of drug-likeness (QED) is 0.395. The first kappa shape index (κ1) is 26.6. The summed E-state index contributed by atoms with van der Waals surface area (Å²) in [6, 6.07) is 8.70. The van der Waals surface area contributed by atoms with Crippen LogP contribution in [-0.2, 0) is 16.1 Å². The van der Waals surface area contributed by atoms with Crippen molar-refractivity contribution in [3.05, 3.63) is 59.2 Å². The van der Waals surface area contributed by atoms with Crippen molar-refractivity contribution in [2.24, 2.45) is 5.92 Å². The molecule has 3 aromatic rings. The molecule has 1 atom stereocenters. The fourth-order valence-corrected chi connectivity index (χ4v) is 6.53. The Morgan fingerprint density at radius 1 is 1.07 bits per heavy atom. The maximum atomic E-state index is 14.3. The third-order valence-electron chi connectivity index (χ3n) is 9.00. The van der Waals surface area contributed by atoms with Crippen molar-refractivity contribution in [2.75, 3.05) is 30.9 Å². The lowest BCUT2D eigenvalue weighted by molar-refractivity contribution is -0.136. The number of halogens is 1. The zero-order valence-electron chi connectivity index (χ0n) is 23.8. The van der Waals surface area contributed by atoms with E-state index >= 15 is 0 Å². The second-order valence-corrected chi connectivity index (χ2v) is 12.2. The number of hydrogen-bond acceptors (Lipinski definition) is 7. The average molecular weight is 572 g/mol. The molecule has 0 bridgehead atoms. The van der Waals surface area contributed by atoms with Crippen molar-refractivity contribution >= 4 is 29.2 Å². The molecule has 1 saturated heterocycles. The van der Waals surface area contributed by atoms with E-state index in [0.717, 1.165) is 54.7 Å². The van der Waals surface area contributed by atoms with Gasteiger partial charge in [-0.25, -0.2) is 9.37 Å². The van der Waals surface area contributed by atoms with Crippen LogP contribution in [0.4, 0.5) is 15.9 Å². The maximum Gasteiger partial charge on any atom is 0.255 e. The molecular weight excluding hydrogens is 537 g/mol. The Morgan fingerprint density at radius 2 is 1.88 bits per heavy atom. The number of nitrogens with zero attached hydrogens (tertiary/aromatic N) is 5. The number of anilines is 2. The zero-order chi connectivity index (χ0) is 29.1. The lowest BCUT2D eigenvalue weighted by Gasteiger charge is -2.37. The molecule has 1 unspecified atom stereocenters. The number of fused-ring (bicyclic) bond motifs is 1. The third-order valence-corrected chi connectivity index (χ3v) is 9.00. The molecule has 2 aromatic heterocycles. The van der Waals surface area contributed by atoms with E-state index in [4.69, 9.17) is 5.10 Å². The van der Waals surface area contributed by atoms with Crippen LogP contribution in [0.5, 0.6) is 0 Å². The van der Waals surface area contributed by atoms with Gasteiger partial charge in [0.1, 0.15) is 6.04 Å². The number of benzene rings is 1. The molecule has 2 aliphatic heterocycles. The van der Waals surface area contributed by atoms with E-state index in [9.17, 15) is 18.8 Å². The summed E-state index contributed by atoms with van der Waals surface area (Å²) in [5, 5.41) is 10.7. The van der Waals surface area contributed by atoms with Crippen molar-refractivity contribution in [1.29, 1.82) is 0 Å². The van der Waals surface area contributed by atoms with Gasteiger partial charge in [-0.3, -0.25) is 24.4 Å². The highest BCUT2D eigenvalue weighted by atomic mass is 19.1. The second-order valence-electron chi connectivity index (χ2n) is 12.2. The largest absolute Gasteiger partial charge is 0.385 e. The molecule has 42 heavy (non-hydrogen) atoms. The molecule has 1 aromatic carbocycles. The minimum Gasteiger partial charge on any atom is -0.385 e. The molecule has 7 rings (SSSR count). The Bertz CT molecular complexity index is 1590. The predicted molar refractivity (Wildman–Crippen MR) is 154 cm³/mol. The van der Waals surface area contributed by atoms with Crippen LogP contribution in [0.2, 0.25) is 0 Å². The second kappa shape index (κ2) is 10.2. The van der Waals surface area contributed by atoms with Crippen molar-refractivity contribution in [3.8, 4) is 11.3 Å². The van der Waals surface area contributed by atoms with Crippen LogP contribution in [0.3, 0.4) is 0 Å². The van der Waals surface area contributed by atoms with Crippen LogP contribution >= 0.6 is 0 Å². The summed E-state index contributed by atoms with van der Waals surface area (Å²) < 4.78 is 16.5. The number of amides is 3. The Kier molecular flexibility index (Phi) is 6.47. The molecule has 0 spiro atoms. The van der Waals surface area contributed by atoms with E-state index in [-0.39, 0.29) is 24.1 Å². The molecule has 0 radical (unpaired) electrons. The van der Waals surface area contributed by atoms with Gasteiger partial charge in [-0.1, -0.05) is 0 Å². The lowest BCUT2D eigenvalue weighted by atomic mass is 9.80. The normalized spacial score (nSPS) is 23.5. The number of nitrogens with one attached hydrogen (secondary N) is 2. The first-order valence-electron chi connectivity index (χ1n) is 14.7. The summed E-state index contributed by atoms with van der Waals surface area (Å²) in [7, 11) is 3.59. The number of pyridine rings is 1. The number of imide groups is 1. The maximum absolute atomic E-state index is 14.3. The van der Waals surface area contributed by atoms with E-state index in [0.29, 0.717) is 42.2 Å². The molecule has 11 heteroatoms. The van der Waals surface area contributed by atoms with Gasteiger partial charge in [0.2, 0.25) is 11.8 Å². The zero-order valence-corrected chi connectivity index (χ0v) is 23.8. The highest BCUT2D eigenvalue weighted by molar-refractivity contribution is 6.05. The Balaban J connectivity index is 0.987. The molecular formula is C31H34FN7O3. The monoisotopic (exact) mass is 571 g/mol. The fourth-order valence-electron chi connectivity index (χ4n) is 6.53. The number of rotatable bonds is 8. The molecule has 2 aliphatic carbocycles. The Morgan fingerprint density at radius 3 is 2.62 bits per heavy atom. The summed E-state index contributed by atoms with van der Waals surface area (Å²) in [6.07, 6.45) is 6.80. The highest BCUT2D eigenvalue weighted by Gasteiger charge is 2.40. The van der Waals surface area contributed by atoms with Crippen molar-refractivity contribution in [1.82, 2.24) is 25.0 Å². The van der Waals surface area contributed by atoms with E-state index in [2.05, 4.69) is 20.3 Å². The topological polar surface area (TPSA) is 112 Å². The minimum atomic E-state index is -0.608. The molecule has 3 amide bonds. The van der Waals surface area contributed by atoms with Crippen LogP contribution in [0.25, 0.3) is 11.3 Å². The number of hydrogen-bond donors (Lipinski definition) is 2. The molecule has 4 aliphatic rings. The van der Waals surface area contributed by atoms with Gasteiger partial charge < -0.3 is 15.1 Å². The first-order valence-corrected chi connectivity index (χ1v) is 14.7. The summed E-state index contributed by atoms with van der Waals surface area (Å²) in [6.45, 7) is 1.19. The van der Waals surface area contributed by atoms with Gasteiger partial charge in [0, 0.05) is 56.3 Å². The van der Waals surface area contributed by atoms with Crippen LogP contribution in [0.15, 0.2) is 36.5 Å². The van der Waals surface area contributed by atoms with Crippen LogP contribution in [0, 0.1) is 11.7 Å². The number of carbonyl (C=O) groups excluding carboxylic acids is 3. The van der Waals surface area contributed by atoms with Gasteiger partial charge in [0.05, 0.1) is 23.6 Å². The standard InChI is InChI=1S/C31H34FN7O3/c1-37(2)29-24(32)7-8-25(35-29)23-15-34-39(28(23)18-3-4-18)21-11-17(12-21)14-33-20-5-6-22-19(13-20)16-38(31(22)42)26-9-10-27(40)36-30(26)41/h5-8,13,15,17-18,21,26,33H,3-4,9-12,14,16H2,1-2H3,(H,36,40,41). The van der Waals surface area contributed by atoms with E-state index in [1.54, 1.807) is 30.0 Å². The molecule has 2 saturated carbocycles. The summed E-state index contributed by atoms with van der Waals surface area (Å²) >= 11 is 0. The summed E-state index contributed by atoms with van der Waals surface area (Å²) in [5.41, 5.74) is 5.45. The van der Waals surface area contributed by atoms with Gasteiger partial charge in [-0.05, 0) is 73.9 Å². The van der Waals surface area contributed by atoms with E-state index in [1.807, 2.05) is 24.4 Å². The van der Waals surface area contributed by atoms with Crippen molar-refractivity contribution < 1.29 is 18.8 Å². The van der Waals surface area contributed by atoms with Gasteiger partial charge in [-0.2, -0.15) is 5.10 Å². The third kappa shape index (κ3) is 4.70. The Hall–Kier alpha value is -4.28. The van der Waals surface area contributed by atoms with Crippen molar-refractivity contribution in [3.63, 3.8) is 0 Å². The number of carbonyl (C=O) groups is 3. The molecule has 3 fully saturated rings. The Labute approximate surface area is 243 Å². The predicted octanol–water partition coefficient (Wildman–Crippen LogP) is 3.85. The summed E-state index contributed by atoms with van der Waals surface area (Å²) in [4.78, 5) is 44.7. The number of aromatic nitrogens is 3. The molecule has 10 nitrogen and oxygen atoms in total. The van der Waals surface area contributed by atoms with Crippen molar-refractivity contribution in [2.45, 2.75) is 63.1 Å². The number of piperidine rings is 1. The smallest absolute Gasteiger partial charge is 0.255 e. The van der Waals surface area contributed by atoms with Gasteiger partial charge in [0.25, 0.3) is 5.91 Å². The first-order chi connectivity index (χ1) is 20.3. The summed E-state index contributed by atoms with van der Waals surface area (Å²) in [5.74, 6) is 0.122. The van der Waals surface area contributed by atoms with Crippen LogP contribution in [-0.4, -0.2) is 64.1 Å². The molecule has 218 valence electrons. The fraction of sp³-hybridized carbons (Fsp3) is 0.452. The molecule has 2 N–H and O–H groups in total. The lowest BCUT2D eigenvalue weighted by Crippen LogP contribution is -2.52. The van der Waals surface area contributed by atoms with Gasteiger partial charge in [0.15, 0.2) is 11.6 Å². The molecule has 4 heterocycles. The average Bonchev–Trinajstić information content (AvgIpc) is 3.61. The minimum absolute atomic E-state index is 0.160. The van der Waals surface area contributed by atoms with Crippen LogP contribution < -0.4 is 15.5 Å². The van der Waals surface area contributed by atoms with Gasteiger partial charge >= 0.3 is 0 Å². The van der Waals surface area contributed by atoms with Crippen LogP contribution in [0.1, 0.15) is 72.1 Å².